The Hall–Kier alpha value is -2.20. The minimum absolute atomic E-state index is 0.0655. The fourth-order valence-electron chi connectivity index (χ4n) is 2.42. The maximum absolute atomic E-state index is 11.2. The molecule has 1 aromatic rings. The molecule has 10 heteroatoms. The molecule has 9 nitrogen and oxygen atoms in total. The van der Waals surface area contributed by atoms with Gasteiger partial charge in [0.15, 0.2) is 9.84 Å². The third-order valence-corrected chi connectivity index (χ3v) is 4.32. The van der Waals surface area contributed by atoms with Crippen molar-refractivity contribution in [2.45, 2.75) is 18.3 Å². The molecule has 1 aliphatic rings. The number of carbonyl (C=O) groups is 2. The monoisotopic (exact) mass is 360 g/mol. The number of aliphatic carboxylic acids is 1. The molecule has 1 aliphatic heterocycles. The lowest BCUT2D eigenvalue weighted by atomic mass is 9.94. The van der Waals surface area contributed by atoms with Crippen molar-refractivity contribution in [1.82, 2.24) is 4.98 Å². The summed E-state index contributed by atoms with van der Waals surface area (Å²) in [7, 11) is -3.10. The van der Waals surface area contributed by atoms with Gasteiger partial charge in [0, 0.05) is 25.5 Å². The highest BCUT2D eigenvalue weighted by atomic mass is 32.2. The van der Waals surface area contributed by atoms with Crippen LogP contribution in [0.5, 0.6) is 0 Å². The fraction of sp³-hybridized carbons (Fsp3) is 0.500. The molecule has 0 radical (unpaired) electrons. The molecule has 134 valence electrons. The smallest absolute Gasteiger partial charge is 0.309 e. The molecule has 0 amide bonds. The molecule has 1 aromatic heterocycles. The number of aliphatic hydroxyl groups is 1. The van der Waals surface area contributed by atoms with Crippen LogP contribution >= 0.6 is 0 Å². The fourth-order valence-corrected chi connectivity index (χ4v) is 3.20. The van der Waals surface area contributed by atoms with Crippen LogP contribution in [0.3, 0.4) is 0 Å². The second kappa shape index (κ2) is 8.60. The van der Waals surface area contributed by atoms with Crippen LogP contribution in [0.1, 0.15) is 12.0 Å². The molecular formula is C14H20N2O7S. The summed E-state index contributed by atoms with van der Waals surface area (Å²) in [6.07, 6.45) is 2.07. The number of hydrogen-bond donors (Lipinski definition) is 3. The van der Waals surface area contributed by atoms with E-state index < -0.39 is 27.8 Å². The molecular weight excluding hydrogens is 340 g/mol. The van der Waals surface area contributed by atoms with Gasteiger partial charge in [0.05, 0.1) is 17.8 Å². The summed E-state index contributed by atoms with van der Waals surface area (Å²) >= 11 is 0. The number of sulfone groups is 1. The third-order valence-electron chi connectivity index (χ3n) is 3.46. The SMILES string of the molecule is CS(=O)(=O)Cc1ccc(N2CC[C@H](C(=O)O)[C@H](O)C2)nc1.O=CO. The molecule has 3 N–H and O–H groups in total. The van der Waals surface area contributed by atoms with Crippen LogP contribution in [0.25, 0.3) is 0 Å². The van der Waals surface area contributed by atoms with Crippen LogP contribution in [0.2, 0.25) is 0 Å². The lowest BCUT2D eigenvalue weighted by Gasteiger charge is -2.34. The summed E-state index contributed by atoms with van der Waals surface area (Å²) in [4.78, 5) is 25.3. The first-order valence-electron chi connectivity index (χ1n) is 7.04. The number of carboxylic acid groups (broad SMARTS) is 2. The maximum Gasteiger partial charge on any atom is 0.309 e. The van der Waals surface area contributed by atoms with Crippen molar-refractivity contribution < 1.29 is 33.3 Å². The largest absolute Gasteiger partial charge is 0.483 e. The molecule has 2 heterocycles. The first-order valence-corrected chi connectivity index (χ1v) is 9.10. The van der Waals surface area contributed by atoms with Crippen molar-refractivity contribution in [3.05, 3.63) is 23.9 Å². The molecule has 0 aromatic carbocycles. The highest BCUT2D eigenvalue weighted by Crippen LogP contribution is 2.22. The molecule has 0 bridgehead atoms. The Morgan fingerprint density at radius 3 is 2.50 bits per heavy atom. The van der Waals surface area contributed by atoms with Crippen molar-refractivity contribution in [2.24, 2.45) is 5.92 Å². The number of carboxylic acids is 1. The topological polar surface area (TPSA) is 145 Å². The number of nitrogens with zero attached hydrogens (tertiary/aromatic N) is 2. The Labute approximate surface area is 139 Å². The van der Waals surface area contributed by atoms with E-state index in [9.17, 15) is 18.3 Å². The van der Waals surface area contributed by atoms with E-state index in [0.29, 0.717) is 24.3 Å². The Balaban J connectivity index is 0.000000891. The van der Waals surface area contributed by atoms with Gasteiger partial charge in [-0.1, -0.05) is 6.07 Å². The van der Waals surface area contributed by atoms with Crippen LogP contribution in [0.15, 0.2) is 18.3 Å². The normalized spacial score (nSPS) is 20.7. The summed E-state index contributed by atoms with van der Waals surface area (Å²) in [6.45, 7) is 0.446. The Morgan fingerprint density at radius 2 is 2.08 bits per heavy atom. The predicted octanol–water partition coefficient (Wildman–Crippen LogP) is -0.401. The van der Waals surface area contributed by atoms with E-state index in [-0.39, 0.29) is 18.8 Å². The van der Waals surface area contributed by atoms with E-state index in [1.165, 1.54) is 6.20 Å². The highest BCUT2D eigenvalue weighted by Gasteiger charge is 2.33. The van der Waals surface area contributed by atoms with Crippen LogP contribution in [0.4, 0.5) is 5.82 Å². The van der Waals surface area contributed by atoms with E-state index in [1.807, 2.05) is 0 Å². The van der Waals surface area contributed by atoms with Crippen LogP contribution in [0, 0.1) is 5.92 Å². The summed E-state index contributed by atoms with van der Waals surface area (Å²) in [6, 6.07) is 3.37. The maximum atomic E-state index is 11.2. The zero-order valence-corrected chi connectivity index (χ0v) is 13.9. The lowest BCUT2D eigenvalue weighted by Crippen LogP contribution is -2.46. The first kappa shape index (κ1) is 19.8. The van der Waals surface area contributed by atoms with Gasteiger partial charge >= 0.3 is 5.97 Å². The van der Waals surface area contributed by atoms with Crippen LogP contribution in [-0.4, -0.2) is 66.6 Å². The van der Waals surface area contributed by atoms with E-state index in [0.717, 1.165) is 6.26 Å². The highest BCUT2D eigenvalue weighted by molar-refractivity contribution is 7.89. The molecule has 0 unspecified atom stereocenters. The second-order valence-corrected chi connectivity index (χ2v) is 7.59. The quantitative estimate of drug-likeness (QED) is 0.610. The molecule has 2 atom stereocenters. The zero-order chi connectivity index (χ0) is 18.3. The minimum Gasteiger partial charge on any atom is -0.483 e. The summed E-state index contributed by atoms with van der Waals surface area (Å²) in [5.74, 6) is -1.19. The number of hydrogen-bond acceptors (Lipinski definition) is 7. The second-order valence-electron chi connectivity index (χ2n) is 5.45. The number of aromatic nitrogens is 1. The minimum atomic E-state index is -3.10. The van der Waals surface area contributed by atoms with Gasteiger partial charge in [-0.15, -0.1) is 0 Å². The van der Waals surface area contributed by atoms with Crippen molar-refractivity contribution in [2.75, 3.05) is 24.2 Å². The van der Waals surface area contributed by atoms with E-state index >= 15 is 0 Å². The van der Waals surface area contributed by atoms with Gasteiger partial charge in [0.2, 0.25) is 0 Å². The molecule has 1 saturated heterocycles. The standard InChI is InChI=1S/C13H18N2O5S.CH2O2/c1-21(19,20)8-9-2-3-12(14-6-9)15-5-4-10(13(17)18)11(16)7-15;2-1-3/h2-3,6,10-11,16H,4-5,7-8H2,1H3,(H,17,18);1H,(H,2,3)/t10-,11+;/m0./s1. The van der Waals surface area contributed by atoms with Gasteiger partial charge in [-0.25, -0.2) is 13.4 Å². The summed E-state index contributed by atoms with van der Waals surface area (Å²) in [5, 5.41) is 25.7. The molecule has 2 rings (SSSR count). The zero-order valence-electron chi connectivity index (χ0n) is 13.1. The Kier molecular flexibility index (Phi) is 7.11. The van der Waals surface area contributed by atoms with Gasteiger partial charge in [-0.05, 0) is 18.1 Å². The number of aliphatic hydroxyl groups excluding tert-OH is 1. The van der Waals surface area contributed by atoms with Crippen LogP contribution < -0.4 is 4.90 Å². The van der Waals surface area contributed by atoms with Gasteiger partial charge in [0.1, 0.15) is 5.82 Å². The van der Waals surface area contributed by atoms with Gasteiger partial charge < -0.3 is 20.2 Å². The van der Waals surface area contributed by atoms with Crippen LogP contribution in [-0.2, 0) is 25.2 Å². The van der Waals surface area contributed by atoms with Crippen molar-refractivity contribution in [1.29, 1.82) is 0 Å². The number of rotatable bonds is 4. The number of pyridine rings is 1. The third kappa shape index (κ3) is 6.13. The number of β-amino-alcohol motifs (C(OH)–C–C–N with tert-alkyl or cyclic N) is 1. The summed E-state index contributed by atoms with van der Waals surface area (Å²) in [5.41, 5.74) is 0.599. The van der Waals surface area contributed by atoms with E-state index in [1.54, 1.807) is 17.0 Å². The molecule has 1 fully saturated rings. The van der Waals surface area contributed by atoms with Gasteiger partial charge in [-0.3, -0.25) is 9.59 Å². The number of piperidine rings is 1. The number of anilines is 1. The van der Waals surface area contributed by atoms with Gasteiger partial charge in [-0.2, -0.15) is 0 Å². The molecule has 0 saturated carbocycles. The summed E-state index contributed by atoms with van der Waals surface area (Å²) < 4.78 is 22.4. The van der Waals surface area contributed by atoms with Crippen molar-refractivity contribution >= 4 is 28.1 Å². The lowest BCUT2D eigenvalue weighted by molar-refractivity contribution is -0.146. The average molecular weight is 360 g/mol. The molecule has 24 heavy (non-hydrogen) atoms. The van der Waals surface area contributed by atoms with Crippen molar-refractivity contribution in [3.63, 3.8) is 0 Å². The average Bonchev–Trinajstić information content (AvgIpc) is 2.46. The van der Waals surface area contributed by atoms with E-state index in [4.69, 9.17) is 15.0 Å². The molecule has 0 spiro atoms. The predicted molar refractivity (Wildman–Crippen MR) is 85.4 cm³/mol. The van der Waals surface area contributed by atoms with E-state index in [2.05, 4.69) is 4.98 Å². The Bertz CT molecular complexity index is 660. The van der Waals surface area contributed by atoms with Gasteiger partial charge in [0.25, 0.3) is 6.47 Å². The van der Waals surface area contributed by atoms with Crippen molar-refractivity contribution in [3.8, 4) is 0 Å². The molecule has 0 aliphatic carbocycles. The Morgan fingerprint density at radius 1 is 1.46 bits per heavy atom. The first-order chi connectivity index (χ1) is 11.2.